The summed E-state index contributed by atoms with van der Waals surface area (Å²) < 4.78 is 26.4. The first kappa shape index (κ1) is 40.7. The fourth-order valence-electron chi connectivity index (χ4n) is 5.88. The van der Waals surface area contributed by atoms with E-state index in [0.29, 0.717) is 29.6 Å². The van der Waals surface area contributed by atoms with Crippen molar-refractivity contribution in [1.82, 2.24) is 30.5 Å². The molecule has 0 saturated carbocycles. The molecule has 1 atom stereocenters. The average Bonchev–Trinajstić information content (AvgIpc) is 3.52. The molecule has 5 rings (SSSR count). The second-order valence-corrected chi connectivity index (χ2v) is 17.7. The van der Waals surface area contributed by atoms with Gasteiger partial charge in [-0.1, -0.05) is 65.8 Å². The summed E-state index contributed by atoms with van der Waals surface area (Å²) in [5.41, 5.74) is 15.1. The molecule has 2 aromatic heterocycles. The molecule has 0 bridgehead atoms. The third-order valence-electron chi connectivity index (χ3n) is 9.06. The van der Waals surface area contributed by atoms with Gasteiger partial charge in [-0.3, -0.25) is 9.56 Å². The van der Waals surface area contributed by atoms with Gasteiger partial charge in [-0.25, -0.2) is 13.2 Å². The predicted octanol–water partition coefficient (Wildman–Crippen LogP) is 4.25. The highest BCUT2D eigenvalue weighted by Gasteiger charge is 2.19. The van der Waals surface area contributed by atoms with Crippen molar-refractivity contribution < 1.29 is 8.42 Å². The molecule has 1 fully saturated rings. The standard InChI is InChI=1S/C21H29N7O.C18H30N2O2S/c1-21(2,3)17-11-15-13-28(20(29)27-18(15)26-17)16-7-5-14(6-8-16)12-24-9-4-10-25-19(22)23;1-18(2,3)15-7-9-17(10-8-15)23(21,22)13-5-12-20-16-6-4-11-19-14-16/h5-8,11,13,24H,4,9-10,12H2,1-3H3,(H4,22,23,25)(H,26,27,29);7-10,16,19-20H,4-6,11-14H2,1-3H3. The second-order valence-electron chi connectivity index (χ2n) is 15.6. The van der Waals surface area contributed by atoms with E-state index in [9.17, 15) is 13.2 Å². The minimum atomic E-state index is -3.18. The first-order valence-corrected chi connectivity index (χ1v) is 19.9. The zero-order chi connectivity index (χ0) is 37.9. The summed E-state index contributed by atoms with van der Waals surface area (Å²) in [6, 6.07) is 17.8. The number of hydrogen-bond donors (Lipinski definition) is 6. The van der Waals surface area contributed by atoms with Crippen molar-refractivity contribution in [2.24, 2.45) is 16.5 Å². The van der Waals surface area contributed by atoms with Gasteiger partial charge in [-0.15, -0.1) is 0 Å². The molecule has 0 radical (unpaired) electrons. The SMILES string of the molecule is CC(C)(C)c1cc2cn(-c3ccc(CNCCCN=C(N)N)cc3)c(=O)nc2[nH]1.CC(C)(C)c1ccc(S(=O)(=O)CCCNC2CCCNC2)cc1. The molecule has 1 saturated heterocycles. The third-order valence-corrected chi connectivity index (χ3v) is 10.9. The number of nitrogens with zero attached hydrogens (tertiary/aromatic N) is 3. The van der Waals surface area contributed by atoms with Gasteiger partial charge in [0.15, 0.2) is 15.8 Å². The predicted molar refractivity (Wildman–Crippen MR) is 213 cm³/mol. The number of aromatic nitrogens is 3. The normalized spacial score (nSPS) is 15.2. The van der Waals surface area contributed by atoms with E-state index in [1.807, 2.05) is 42.6 Å². The highest BCUT2D eigenvalue weighted by molar-refractivity contribution is 7.91. The number of fused-ring (bicyclic) bond motifs is 1. The Balaban J connectivity index is 0.000000239. The fourth-order valence-corrected chi connectivity index (χ4v) is 7.19. The number of H-pyrrole nitrogens is 1. The van der Waals surface area contributed by atoms with E-state index < -0.39 is 9.84 Å². The molecule has 2 aromatic carbocycles. The third kappa shape index (κ3) is 12.3. The molecule has 0 spiro atoms. The molecule has 8 N–H and O–H groups in total. The number of hydrogen-bond acceptors (Lipinski definition) is 8. The van der Waals surface area contributed by atoms with Gasteiger partial charge in [0.25, 0.3) is 0 Å². The molecular weight excluding hydrogens is 675 g/mol. The van der Waals surface area contributed by atoms with Crippen LogP contribution in [0.15, 0.2) is 75.5 Å². The molecule has 0 amide bonds. The minimum Gasteiger partial charge on any atom is -0.370 e. The largest absolute Gasteiger partial charge is 0.370 e. The van der Waals surface area contributed by atoms with E-state index in [1.165, 1.54) is 12.8 Å². The summed E-state index contributed by atoms with van der Waals surface area (Å²) in [5, 5.41) is 11.1. The minimum absolute atomic E-state index is 0.0352. The Labute approximate surface area is 309 Å². The van der Waals surface area contributed by atoms with Crippen LogP contribution in [0.2, 0.25) is 0 Å². The fraction of sp³-hybridized carbons (Fsp3) is 0.513. The Morgan fingerprint density at radius 2 is 1.69 bits per heavy atom. The molecule has 1 aliphatic heterocycles. The van der Waals surface area contributed by atoms with Gasteiger partial charge in [0.2, 0.25) is 0 Å². The smallest absolute Gasteiger partial charge is 0.354 e. The molecule has 4 aromatic rings. The molecule has 0 aliphatic carbocycles. The van der Waals surface area contributed by atoms with E-state index in [2.05, 4.69) is 78.5 Å². The van der Waals surface area contributed by atoms with Crippen LogP contribution in [-0.2, 0) is 27.2 Å². The van der Waals surface area contributed by atoms with E-state index in [4.69, 9.17) is 11.5 Å². The van der Waals surface area contributed by atoms with Gasteiger partial charge in [0, 0.05) is 48.4 Å². The van der Waals surface area contributed by atoms with E-state index in [0.717, 1.165) is 67.0 Å². The highest BCUT2D eigenvalue weighted by Crippen LogP contribution is 2.25. The lowest BCUT2D eigenvalue weighted by molar-refractivity contribution is 0.391. The van der Waals surface area contributed by atoms with Crippen molar-refractivity contribution in [1.29, 1.82) is 0 Å². The van der Waals surface area contributed by atoms with Crippen LogP contribution in [0.5, 0.6) is 0 Å². The summed E-state index contributed by atoms with van der Waals surface area (Å²) in [6.45, 7) is 17.8. The van der Waals surface area contributed by atoms with Gasteiger partial charge in [-0.2, -0.15) is 4.98 Å². The molecule has 1 aliphatic rings. The maximum Gasteiger partial charge on any atom is 0.354 e. The summed E-state index contributed by atoms with van der Waals surface area (Å²) in [4.78, 5) is 24.3. The van der Waals surface area contributed by atoms with Crippen molar-refractivity contribution in [2.75, 3.05) is 38.5 Å². The number of nitrogens with two attached hydrogens (primary N) is 2. The lowest BCUT2D eigenvalue weighted by Crippen LogP contribution is -2.43. The Bertz CT molecular complexity index is 1910. The zero-order valence-electron chi connectivity index (χ0n) is 31.8. The van der Waals surface area contributed by atoms with Gasteiger partial charge in [-0.05, 0) is 92.2 Å². The number of benzene rings is 2. The number of rotatable bonds is 13. The van der Waals surface area contributed by atoms with Crippen LogP contribution in [0.4, 0.5) is 0 Å². The van der Waals surface area contributed by atoms with Crippen LogP contribution in [0.1, 0.15) is 84.0 Å². The summed E-state index contributed by atoms with van der Waals surface area (Å²) in [7, 11) is -3.18. The number of aliphatic imine (C=N–C) groups is 1. The Morgan fingerprint density at radius 1 is 0.981 bits per heavy atom. The number of nitrogens with one attached hydrogen (secondary N) is 4. The lowest BCUT2D eigenvalue weighted by atomic mass is 9.87. The molecule has 52 heavy (non-hydrogen) atoms. The number of aromatic amines is 1. The molecule has 1 unspecified atom stereocenters. The number of piperidine rings is 1. The zero-order valence-corrected chi connectivity index (χ0v) is 32.6. The summed E-state index contributed by atoms with van der Waals surface area (Å²) in [5.74, 6) is 0.326. The Kier molecular flexibility index (Phi) is 14.2. The maximum atomic E-state index is 12.5. The first-order valence-electron chi connectivity index (χ1n) is 18.3. The lowest BCUT2D eigenvalue weighted by Gasteiger charge is -2.23. The Hall–Kier alpha value is -4.04. The van der Waals surface area contributed by atoms with Crippen LogP contribution < -0.4 is 33.1 Å². The summed E-state index contributed by atoms with van der Waals surface area (Å²) >= 11 is 0. The van der Waals surface area contributed by atoms with Crippen LogP contribution >= 0.6 is 0 Å². The maximum absolute atomic E-state index is 12.5. The van der Waals surface area contributed by atoms with Gasteiger partial charge < -0.3 is 32.4 Å². The molecule has 3 heterocycles. The topological polar surface area (TPSA) is 185 Å². The van der Waals surface area contributed by atoms with E-state index in [-0.39, 0.29) is 28.2 Å². The molecule has 13 heteroatoms. The van der Waals surface area contributed by atoms with Crippen LogP contribution in [0.25, 0.3) is 16.7 Å². The van der Waals surface area contributed by atoms with Gasteiger partial charge in [0.1, 0.15) is 5.65 Å². The second kappa shape index (κ2) is 18.1. The average molecular weight is 734 g/mol. The quantitative estimate of drug-likeness (QED) is 0.0664. The number of sulfone groups is 1. The monoisotopic (exact) mass is 733 g/mol. The first-order chi connectivity index (χ1) is 24.5. The molecule has 284 valence electrons. The van der Waals surface area contributed by atoms with E-state index in [1.54, 1.807) is 16.7 Å². The number of guanidine groups is 1. The molecular formula is C39H59N9O3S. The van der Waals surface area contributed by atoms with Crippen LogP contribution in [0, 0.1) is 0 Å². The van der Waals surface area contributed by atoms with Crippen molar-refractivity contribution >= 4 is 26.8 Å². The summed E-state index contributed by atoms with van der Waals surface area (Å²) in [6.07, 6.45) is 5.72. The van der Waals surface area contributed by atoms with Gasteiger partial charge >= 0.3 is 5.69 Å². The van der Waals surface area contributed by atoms with Crippen molar-refractivity contribution in [2.45, 2.75) is 95.5 Å². The highest BCUT2D eigenvalue weighted by atomic mass is 32.2. The van der Waals surface area contributed by atoms with Crippen molar-refractivity contribution in [3.8, 4) is 5.69 Å². The van der Waals surface area contributed by atoms with Gasteiger partial charge in [0.05, 0.1) is 16.3 Å². The van der Waals surface area contributed by atoms with Crippen molar-refractivity contribution in [3.05, 3.63) is 88.1 Å². The van der Waals surface area contributed by atoms with Crippen LogP contribution in [-0.4, -0.2) is 73.4 Å². The van der Waals surface area contributed by atoms with E-state index >= 15 is 0 Å². The Morgan fingerprint density at radius 3 is 2.31 bits per heavy atom. The molecule has 12 nitrogen and oxygen atoms in total. The van der Waals surface area contributed by atoms with Crippen molar-refractivity contribution in [3.63, 3.8) is 0 Å². The van der Waals surface area contributed by atoms with Crippen LogP contribution in [0.3, 0.4) is 0 Å².